The highest BCUT2D eigenvalue weighted by atomic mass is 16.5. The molecule has 0 bridgehead atoms. The molecule has 0 aliphatic heterocycles. The molecule has 0 saturated heterocycles. The fourth-order valence-electron chi connectivity index (χ4n) is 2.95. The molecule has 2 N–H and O–H groups in total. The number of nitrogens with one attached hydrogen (secondary N) is 2. The van der Waals surface area contributed by atoms with Crippen LogP contribution in [0.3, 0.4) is 0 Å². The predicted octanol–water partition coefficient (Wildman–Crippen LogP) is 4.11. The van der Waals surface area contributed by atoms with Crippen LogP contribution in [0.2, 0.25) is 0 Å². The molecular formula is C21H19N5O2. The van der Waals surface area contributed by atoms with Crippen molar-refractivity contribution in [2.24, 2.45) is 0 Å². The van der Waals surface area contributed by atoms with Crippen LogP contribution in [0.25, 0.3) is 16.9 Å². The smallest absolute Gasteiger partial charge is 0.247 e. The molecule has 2 aromatic heterocycles. The molecule has 7 heteroatoms. The van der Waals surface area contributed by atoms with Gasteiger partial charge in [-0.15, -0.1) is 5.10 Å². The van der Waals surface area contributed by atoms with Gasteiger partial charge in [-0.05, 0) is 54.6 Å². The van der Waals surface area contributed by atoms with E-state index in [1.807, 2.05) is 66.7 Å². The lowest BCUT2D eigenvalue weighted by Crippen LogP contribution is -2.05. The molecule has 0 aliphatic carbocycles. The van der Waals surface area contributed by atoms with Crippen molar-refractivity contribution in [3.8, 4) is 17.0 Å². The molecule has 4 aromatic rings. The fourth-order valence-corrected chi connectivity index (χ4v) is 2.95. The molecule has 0 fully saturated rings. The summed E-state index contributed by atoms with van der Waals surface area (Å²) >= 11 is 0. The van der Waals surface area contributed by atoms with Crippen LogP contribution < -0.4 is 15.4 Å². The maximum absolute atomic E-state index is 11.2. The Labute approximate surface area is 162 Å². The third kappa shape index (κ3) is 3.64. The lowest BCUT2D eigenvalue weighted by Gasteiger charge is -2.06. The van der Waals surface area contributed by atoms with Gasteiger partial charge < -0.3 is 15.4 Å². The number of pyridine rings is 1. The van der Waals surface area contributed by atoms with Crippen molar-refractivity contribution in [3.63, 3.8) is 0 Å². The molecule has 2 heterocycles. The molecule has 0 radical (unpaired) electrons. The van der Waals surface area contributed by atoms with E-state index in [9.17, 15) is 4.79 Å². The number of carbonyl (C=O) groups excluding carboxylic acids is 1. The van der Waals surface area contributed by atoms with E-state index in [1.165, 1.54) is 6.92 Å². The summed E-state index contributed by atoms with van der Waals surface area (Å²) in [7, 11) is 1.64. The molecule has 0 aliphatic rings. The van der Waals surface area contributed by atoms with Gasteiger partial charge in [0.05, 0.1) is 12.8 Å². The van der Waals surface area contributed by atoms with Gasteiger partial charge in [-0.25, -0.2) is 4.52 Å². The van der Waals surface area contributed by atoms with E-state index in [2.05, 4.69) is 20.7 Å². The summed E-state index contributed by atoms with van der Waals surface area (Å²) in [5.41, 5.74) is 4.16. The minimum absolute atomic E-state index is 0.118. The predicted molar refractivity (Wildman–Crippen MR) is 109 cm³/mol. The van der Waals surface area contributed by atoms with Crippen LogP contribution in [0.15, 0.2) is 66.7 Å². The van der Waals surface area contributed by atoms with Gasteiger partial charge in [0.25, 0.3) is 0 Å². The van der Waals surface area contributed by atoms with Crippen LogP contribution >= 0.6 is 0 Å². The largest absolute Gasteiger partial charge is 0.497 e. The third-order valence-electron chi connectivity index (χ3n) is 4.18. The Morgan fingerprint density at radius 3 is 2.50 bits per heavy atom. The number of hydrogen-bond acceptors (Lipinski definition) is 5. The van der Waals surface area contributed by atoms with E-state index in [4.69, 9.17) is 4.74 Å². The van der Waals surface area contributed by atoms with E-state index >= 15 is 0 Å². The highest BCUT2D eigenvalue weighted by Crippen LogP contribution is 2.24. The molecule has 4 rings (SSSR count). The van der Waals surface area contributed by atoms with Gasteiger partial charge in [-0.3, -0.25) is 4.79 Å². The Morgan fingerprint density at radius 1 is 1.00 bits per heavy atom. The average Bonchev–Trinajstić information content (AvgIpc) is 3.10. The van der Waals surface area contributed by atoms with Crippen molar-refractivity contribution in [1.29, 1.82) is 0 Å². The molecule has 1 amide bonds. The van der Waals surface area contributed by atoms with Gasteiger partial charge in [-0.2, -0.15) is 4.98 Å². The van der Waals surface area contributed by atoms with Crippen molar-refractivity contribution in [3.05, 3.63) is 66.7 Å². The van der Waals surface area contributed by atoms with Crippen molar-refractivity contribution in [2.45, 2.75) is 6.92 Å². The Kier molecular flexibility index (Phi) is 4.63. The zero-order chi connectivity index (χ0) is 19.5. The second kappa shape index (κ2) is 7.40. The number of carbonyl (C=O) groups is 1. The number of hydrogen-bond donors (Lipinski definition) is 2. The minimum Gasteiger partial charge on any atom is -0.497 e. The first-order valence-electron chi connectivity index (χ1n) is 8.77. The van der Waals surface area contributed by atoms with Gasteiger partial charge in [0.1, 0.15) is 5.75 Å². The number of fused-ring (bicyclic) bond motifs is 1. The Bertz CT molecular complexity index is 1140. The molecule has 7 nitrogen and oxygen atoms in total. The quantitative estimate of drug-likeness (QED) is 0.550. The number of aromatic nitrogens is 3. The molecule has 28 heavy (non-hydrogen) atoms. The second-order valence-electron chi connectivity index (χ2n) is 6.23. The number of methoxy groups -OCH3 is 1. The lowest BCUT2D eigenvalue weighted by atomic mass is 10.1. The third-order valence-corrected chi connectivity index (χ3v) is 4.18. The van der Waals surface area contributed by atoms with Crippen LogP contribution in [0.1, 0.15) is 6.92 Å². The zero-order valence-corrected chi connectivity index (χ0v) is 15.5. The summed E-state index contributed by atoms with van der Waals surface area (Å²) in [4.78, 5) is 15.8. The van der Waals surface area contributed by atoms with Gasteiger partial charge in [0, 0.05) is 23.9 Å². The molecule has 0 atom stereocenters. The van der Waals surface area contributed by atoms with Crippen LogP contribution in [0.4, 0.5) is 17.3 Å². The maximum atomic E-state index is 11.2. The monoisotopic (exact) mass is 373 g/mol. The zero-order valence-electron chi connectivity index (χ0n) is 15.5. The van der Waals surface area contributed by atoms with Crippen LogP contribution in [0.5, 0.6) is 5.75 Å². The number of rotatable bonds is 5. The van der Waals surface area contributed by atoms with E-state index in [1.54, 1.807) is 11.6 Å². The molecule has 2 aromatic carbocycles. The topological polar surface area (TPSA) is 80.5 Å². The Hall–Kier alpha value is -3.87. The minimum atomic E-state index is -0.118. The number of ether oxygens (including phenoxy) is 1. The van der Waals surface area contributed by atoms with E-state index < -0.39 is 0 Å². The summed E-state index contributed by atoms with van der Waals surface area (Å²) in [6.45, 7) is 1.48. The van der Waals surface area contributed by atoms with Crippen molar-refractivity contribution in [1.82, 2.24) is 14.6 Å². The summed E-state index contributed by atoms with van der Waals surface area (Å²) < 4.78 is 7.02. The summed E-state index contributed by atoms with van der Waals surface area (Å²) in [6.07, 6.45) is 0. The fraction of sp³-hybridized carbons (Fsp3) is 0.0952. The standard InChI is InChI=1S/C21H19N5O2/c1-14(27)22-16-5-3-6-17(13-16)23-21-24-20-8-4-7-19(26(20)25-21)15-9-11-18(28-2)12-10-15/h3-13H,1-2H3,(H,22,27)(H,23,25). The van der Waals surface area contributed by atoms with Gasteiger partial charge in [0.2, 0.25) is 11.9 Å². The summed E-state index contributed by atoms with van der Waals surface area (Å²) in [6, 6.07) is 21.0. The maximum Gasteiger partial charge on any atom is 0.247 e. The highest BCUT2D eigenvalue weighted by Gasteiger charge is 2.09. The van der Waals surface area contributed by atoms with Gasteiger partial charge in [-0.1, -0.05) is 12.1 Å². The van der Waals surface area contributed by atoms with Crippen LogP contribution in [-0.4, -0.2) is 27.6 Å². The highest BCUT2D eigenvalue weighted by molar-refractivity contribution is 5.89. The van der Waals surface area contributed by atoms with Gasteiger partial charge >= 0.3 is 0 Å². The summed E-state index contributed by atoms with van der Waals surface area (Å²) in [5.74, 6) is 1.16. The van der Waals surface area contributed by atoms with Crippen LogP contribution in [0, 0.1) is 0 Å². The van der Waals surface area contributed by atoms with Gasteiger partial charge in [0.15, 0.2) is 5.65 Å². The SMILES string of the molecule is COc1ccc(-c2cccc3nc(Nc4cccc(NC(C)=O)c4)nn23)cc1. The lowest BCUT2D eigenvalue weighted by molar-refractivity contribution is -0.114. The van der Waals surface area contributed by atoms with Crippen molar-refractivity contribution < 1.29 is 9.53 Å². The number of benzene rings is 2. The van der Waals surface area contributed by atoms with Crippen molar-refractivity contribution in [2.75, 3.05) is 17.7 Å². The Morgan fingerprint density at radius 2 is 1.75 bits per heavy atom. The molecular weight excluding hydrogens is 354 g/mol. The van der Waals surface area contributed by atoms with Crippen LogP contribution in [-0.2, 0) is 4.79 Å². The first kappa shape index (κ1) is 17.5. The first-order chi connectivity index (χ1) is 13.6. The molecule has 0 saturated carbocycles. The normalized spacial score (nSPS) is 10.6. The number of amides is 1. The van der Waals surface area contributed by atoms with Crippen molar-refractivity contribution >= 4 is 28.9 Å². The molecule has 140 valence electrons. The Balaban J connectivity index is 1.66. The molecule has 0 spiro atoms. The summed E-state index contributed by atoms with van der Waals surface area (Å²) in [5, 5.41) is 10.5. The average molecular weight is 373 g/mol. The number of nitrogens with zero attached hydrogens (tertiary/aromatic N) is 3. The molecule has 0 unspecified atom stereocenters. The number of anilines is 3. The first-order valence-corrected chi connectivity index (χ1v) is 8.77. The second-order valence-corrected chi connectivity index (χ2v) is 6.23. The van der Waals surface area contributed by atoms with E-state index in [-0.39, 0.29) is 5.91 Å². The van der Waals surface area contributed by atoms with E-state index in [0.29, 0.717) is 11.6 Å². The van der Waals surface area contributed by atoms with E-state index in [0.717, 1.165) is 28.3 Å².